The lowest BCUT2D eigenvalue weighted by molar-refractivity contribution is -0.120. The average Bonchev–Trinajstić information content (AvgIpc) is 3.18. The van der Waals surface area contributed by atoms with Crippen LogP contribution in [0, 0.1) is 0 Å². The topological polar surface area (TPSA) is 76.0 Å². The largest absolute Gasteiger partial charge is 0.382 e. The molecule has 104 valence electrons. The van der Waals surface area contributed by atoms with Crippen LogP contribution in [0.4, 0.5) is 5.69 Å². The molecule has 0 saturated heterocycles. The van der Waals surface area contributed by atoms with Crippen LogP contribution in [-0.2, 0) is 11.3 Å². The van der Waals surface area contributed by atoms with E-state index in [-0.39, 0.29) is 11.5 Å². The zero-order valence-electron chi connectivity index (χ0n) is 10.8. The van der Waals surface area contributed by atoms with Crippen molar-refractivity contribution in [3.05, 3.63) is 21.0 Å². The van der Waals surface area contributed by atoms with E-state index in [1.54, 1.807) is 6.20 Å². The second-order valence-electron chi connectivity index (χ2n) is 4.51. The summed E-state index contributed by atoms with van der Waals surface area (Å²) in [4.78, 5) is 23.3. The Morgan fingerprint density at radius 3 is 2.95 bits per heavy atom. The Kier molecular flexibility index (Phi) is 4.57. The summed E-state index contributed by atoms with van der Waals surface area (Å²) in [6.45, 7) is 2.87. The third-order valence-electron chi connectivity index (χ3n) is 2.89. The molecule has 7 heteroatoms. The minimum Gasteiger partial charge on any atom is -0.382 e. The third kappa shape index (κ3) is 3.79. The van der Waals surface area contributed by atoms with Gasteiger partial charge >= 0.3 is 0 Å². The van der Waals surface area contributed by atoms with E-state index in [0.717, 1.165) is 12.8 Å². The number of hydrogen-bond donors (Lipinski definition) is 2. The van der Waals surface area contributed by atoms with Crippen LogP contribution in [0.25, 0.3) is 0 Å². The van der Waals surface area contributed by atoms with Crippen molar-refractivity contribution in [1.29, 1.82) is 0 Å². The van der Waals surface area contributed by atoms with Crippen molar-refractivity contribution < 1.29 is 4.79 Å². The fourth-order valence-corrected chi connectivity index (χ4v) is 2.10. The molecular formula is C12H17BrN4O2. The molecule has 0 atom stereocenters. The highest BCUT2D eigenvalue weighted by atomic mass is 79.9. The van der Waals surface area contributed by atoms with Crippen LogP contribution in [0.1, 0.15) is 26.2 Å². The Labute approximate surface area is 119 Å². The zero-order chi connectivity index (χ0) is 13.8. The van der Waals surface area contributed by atoms with Gasteiger partial charge in [0.15, 0.2) is 0 Å². The fourth-order valence-electron chi connectivity index (χ4n) is 1.65. The van der Waals surface area contributed by atoms with Crippen molar-refractivity contribution in [2.24, 2.45) is 0 Å². The lowest BCUT2D eigenvalue weighted by atomic mass is 10.3. The van der Waals surface area contributed by atoms with E-state index >= 15 is 0 Å². The molecule has 0 unspecified atom stereocenters. The average molecular weight is 329 g/mol. The minimum absolute atomic E-state index is 0.0426. The maximum Gasteiger partial charge on any atom is 0.283 e. The molecule has 2 rings (SSSR count). The van der Waals surface area contributed by atoms with Crippen LogP contribution in [0.5, 0.6) is 0 Å². The number of hydrogen-bond acceptors (Lipinski definition) is 4. The summed E-state index contributed by atoms with van der Waals surface area (Å²) in [6, 6.07) is 0.384. The second-order valence-corrected chi connectivity index (χ2v) is 5.30. The van der Waals surface area contributed by atoms with Crippen molar-refractivity contribution in [2.45, 2.75) is 38.8 Å². The summed E-state index contributed by atoms with van der Waals surface area (Å²) in [7, 11) is 0. The molecule has 1 aliphatic rings. The number of carbonyl (C=O) groups is 1. The van der Waals surface area contributed by atoms with Crippen molar-refractivity contribution in [1.82, 2.24) is 15.1 Å². The Morgan fingerprint density at radius 2 is 2.32 bits per heavy atom. The third-order valence-corrected chi connectivity index (χ3v) is 3.66. The summed E-state index contributed by atoms with van der Waals surface area (Å²) in [5.41, 5.74) is 0.448. The molecule has 0 spiro atoms. The first-order valence-corrected chi connectivity index (χ1v) is 7.20. The number of halogens is 1. The van der Waals surface area contributed by atoms with Crippen molar-refractivity contribution in [3.63, 3.8) is 0 Å². The maximum absolute atomic E-state index is 11.8. The molecule has 0 aromatic carbocycles. The normalized spacial score (nSPS) is 14.2. The van der Waals surface area contributed by atoms with Gasteiger partial charge in [0.1, 0.15) is 4.47 Å². The molecule has 1 amide bonds. The summed E-state index contributed by atoms with van der Waals surface area (Å²) in [5, 5.41) is 9.98. The van der Waals surface area contributed by atoms with Crippen molar-refractivity contribution in [2.75, 3.05) is 11.9 Å². The predicted molar refractivity (Wildman–Crippen MR) is 76.1 cm³/mol. The highest BCUT2D eigenvalue weighted by Crippen LogP contribution is 2.19. The number of nitrogens with zero attached hydrogens (tertiary/aromatic N) is 2. The van der Waals surface area contributed by atoms with Gasteiger partial charge in [0, 0.05) is 25.6 Å². The Balaban J connectivity index is 1.87. The maximum atomic E-state index is 11.8. The van der Waals surface area contributed by atoms with E-state index < -0.39 is 0 Å². The number of nitrogens with one attached hydrogen (secondary N) is 2. The first kappa shape index (κ1) is 14.0. The monoisotopic (exact) mass is 328 g/mol. The molecule has 1 saturated carbocycles. The van der Waals surface area contributed by atoms with E-state index in [0.29, 0.717) is 35.7 Å². The first-order chi connectivity index (χ1) is 9.11. The van der Waals surface area contributed by atoms with Gasteiger partial charge in [0.2, 0.25) is 5.91 Å². The van der Waals surface area contributed by atoms with Gasteiger partial charge in [-0.25, -0.2) is 4.68 Å². The number of rotatable bonds is 6. The molecule has 2 N–H and O–H groups in total. The molecule has 6 nitrogen and oxygen atoms in total. The second kappa shape index (κ2) is 6.18. The van der Waals surface area contributed by atoms with E-state index in [1.807, 2.05) is 6.92 Å². The lowest BCUT2D eigenvalue weighted by Crippen LogP contribution is -2.28. The number of aryl methyl sites for hydroxylation is 1. The smallest absolute Gasteiger partial charge is 0.283 e. The Hall–Kier alpha value is -1.37. The molecule has 1 heterocycles. The quantitative estimate of drug-likeness (QED) is 0.820. The van der Waals surface area contributed by atoms with Crippen LogP contribution < -0.4 is 16.2 Å². The molecular weight excluding hydrogens is 312 g/mol. The van der Waals surface area contributed by atoms with Gasteiger partial charge in [-0.15, -0.1) is 0 Å². The van der Waals surface area contributed by atoms with E-state index in [1.165, 1.54) is 4.68 Å². The minimum atomic E-state index is -0.171. The molecule has 0 aliphatic heterocycles. The number of amides is 1. The van der Waals surface area contributed by atoms with Gasteiger partial charge in [0.25, 0.3) is 5.56 Å². The molecule has 1 fully saturated rings. The summed E-state index contributed by atoms with van der Waals surface area (Å²) in [6.07, 6.45) is 4.15. The molecule has 1 aromatic rings. The van der Waals surface area contributed by atoms with Gasteiger partial charge < -0.3 is 10.6 Å². The van der Waals surface area contributed by atoms with Gasteiger partial charge in [-0.3, -0.25) is 9.59 Å². The van der Waals surface area contributed by atoms with Gasteiger partial charge in [0.05, 0.1) is 11.9 Å². The number of anilines is 1. The standard InChI is InChI=1S/C12H17BrN4O2/c1-2-17-12(19)11(13)9(7-15-17)14-6-5-10(18)16-8-3-4-8/h7-8,14H,2-6H2,1H3,(H,16,18). The fraction of sp³-hybridized carbons (Fsp3) is 0.583. The lowest BCUT2D eigenvalue weighted by Gasteiger charge is -2.09. The van der Waals surface area contributed by atoms with E-state index in [9.17, 15) is 9.59 Å². The van der Waals surface area contributed by atoms with Crippen molar-refractivity contribution >= 4 is 27.5 Å². The van der Waals surface area contributed by atoms with E-state index in [2.05, 4.69) is 31.7 Å². The van der Waals surface area contributed by atoms with Gasteiger partial charge in [-0.1, -0.05) is 0 Å². The van der Waals surface area contributed by atoms with E-state index in [4.69, 9.17) is 0 Å². The Bertz CT molecular complexity index is 525. The molecule has 0 bridgehead atoms. The number of carbonyl (C=O) groups excluding carboxylic acids is 1. The molecule has 19 heavy (non-hydrogen) atoms. The molecule has 1 aromatic heterocycles. The van der Waals surface area contributed by atoms with Crippen molar-refractivity contribution in [3.8, 4) is 0 Å². The summed E-state index contributed by atoms with van der Waals surface area (Å²) >= 11 is 3.25. The van der Waals surface area contributed by atoms with Gasteiger partial charge in [-0.2, -0.15) is 5.10 Å². The van der Waals surface area contributed by atoms with Gasteiger partial charge in [-0.05, 0) is 35.7 Å². The molecule has 1 aliphatic carbocycles. The zero-order valence-corrected chi connectivity index (χ0v) is 12.4. The highest BCUT2D eigenvalue weighted by Gasteiger charge is 2.22. The van der Waals surface area contributed by atoms with Crippen LogP contribution in [-0.4, -0.2) is 28.3 Å². The summed E-state index contributed by atoms with van der Waals surface area (Å²) in [5.74, 6) is 0.0426. The van der Waals surface area contributed by atoms with Crippen LogP contribution in [0.3, 0.4) is 0 Å². The predicted octanol–water partition coefficient (Wildman–Crippen LogP) is 1.11. The van der Waals surface area contributed by atoms with Crippen LogP contribution in [0.2, 0.25) is 0 Å². The first-order valence-electron chi connectivity index (χ1n) is 6.40. The van der Waals surface area contributed by atoms with Crippen LogP contribution in [0.15, 0.2) is 15.5 Å². The highest BCUT2D eigenvalue weighted by molar-refractivity contribution is 9.10. The molecule has 0 radical (unpaired) electrons. The number of aromatic nitrogens is 2. The SMILES string of the molecule is CCn1ncc(NCCC(=O)NC2CC2)c(Br)c1=O. The van der Waals surface area contributed by atoms with Crippen LogP contribution >= 0.6 is 15.9 Å². The Morgan fingerprint density at radius 1 is 1.58 bits per heavy atom. The summed E-state index contributed by atoms with van der Waals surface area (Å²) < 4.78 is 1.82.